The highest BCUT2D eigenvalue weighted by molar-refractivity contribution is 9.10. The molecule has 162 valence electrons. The second-order valence-corrected chi connectivity index (χ2v) is 9.41. The molecule has 1 amide bonds. The van der Waals surface area contributed by atoms with Crippen molar-refractivity contribution >= 4 is 54.9 Å². The standard InChI is InChI=1S/C20H24BrN3O4S2/c1-3-11-22-30(26,27)16-8-6-15(7-9-16)23-20(29)24-19(25)17-13-14(21)5-10-18(17)28-12-4-2/h5-10,13,22H,3-4,11-12H2,1-2H3,(H2,23,24,25,29). The van der Waals surface area contributed by atoms with Crippen LogP contribution >= 0.6 is 28.1 Å². The van der Waals surface area contributed by atoms with Gasteiger partial charge in [-0.1, -0.05) is 29.8 Å². The van der Waals surface area contributed by atoms with Gasteiger partial charge in [-0.3, -0.25) is 10.1 Å². The molecule has 0 aliphatic carbocycles. The van der Waals surface area contributed by atoms with Crippen LogP contribution in [0.4, 0.5) is 5.69 Å². The van der Waals surface area contributed by atoms with Crippen LogP contribution in [0.2, 0.25) is 0 Å². The molecule has 0 aliphatic heterocycles. The van der Waals surface area contributed by atoms with Crippen LogP contribution in [0.5, 0.6) is 5.75 Å². The third-order valence-electron chi connectivity index (χ3n) is 3.84. The summed E-state index contributed by atoms with van der Waals surface area (Å²) in [5.41, 5.74) is 0.900. The smallest absolute Gasteiger partial charge is 0.261 e. The van der Waals surface area contributed by atoms with Gasteiger partial charge in [0.1, 0.15) is 5.75 Å². The minimum absolute atomic E-state index is 0.0844. The van der Waals surface area contributed by atoms with E-state index in [0.29, 0.717) is 36.6 Å². The fraction of sp³-hybridized carbons (Fsp3) is 0.300. The Labute approximate surface area is 190 Å². The first-order chi connectivity index (χ1) is 14.3. The van der Waals surface area contributed by atoms with Crippen LogP contribution < -0.4 is 20.1 Å². The molecule has 3 N–H and O–H groups in total. The number of benzene rings is 2. The van der Waals surface area contributed by atoms with Gasteiger partial charge in [0.2, 0.25) is 10.0 Å². The molecular weight excluding hydrogens is 490 g/mol. The number of ether oxygens (including phenoxy) is 1. The predicted octanol–water partition coefficient (Wildman–Crippen LogP) is 4.05. The lowest BCUT2D eigenvalue weighted by atomic mass is 10.2. The molecule has 0 aliphatic rings. The number of hydrogen-bond donors (Lipinski definition) is 3. The summed E-state index contributed by atoms with van der Waals surface area (Å²) in [6, 6.07) is 11.3. The number of rotatable bonds is 9. The Morgan fingerprint density at radius 1 is 1.10 bits per heavy atom. The molecule has 0 heterocycles. The fourth-order valence-corrected chi connectivity index (χ4v) is 4.09. The van der Waals surface area contributed by atoms with Crippen molar-refractivity contribution in [3.63, 3.8) is 0 Å². The quantitative estimate of drug-likeness (QED) is 0.437. The first-order valence-corrected chi connectivity index (χ1v) is 12.1. The van der Waals surface area contributed by atoms with E-state index in [-0.39, 0.29) is 10.0 Å². The number of carbonyl (C=O) groups excluding carboxylic acids is 1. The lowest BCUT2D eigenvalue weighted by Gasteiger charge is -2.13. The maximum atomic E-state index is 12.6. The zero-order valence-corrected chi connectivity index (χ0v) is 19.9. The van der Waals surface area contributed by atoms with Gasteiger partial charge in [-0.05, 0) is 67.5 Å². The summed E-state index contributed by atoms with van der Waals surface area (Å²) in [6.45, 7) is 4.73. The summed E-state index contributed by atoms with van der Waals surface area (Å²) >= 11 is 8.57. The summed E-state index contributed by atoms with van der Waals surface area (Å²) in [5, 5.41) is 5.57. The Kier molecular flexibility index (Phi) is 9.22. The molecule has 2 aromatic rings. The molecule has 0 spiro atoms. The van der Waals surface area contributed by atoms with Gasteiger partial charge in [-0.15, -0.1) is 0 Å². The lowest BCUT2D eigenvalue weighted by Crippen LogP contribution is -2.34. The fourth-order valence-electron chi connectivity index (χ4n) is 2.39. The maximum Gasteiger partial charge on any atom is 0.261 e. The molecular formula is C20H24BrN3O4S2. The Morgan fingerprint density at radius 3 is 2.43 bits per heavy atom. The van der Waals surface area contributed by atoms with Crippen LogP contribution in [0.1, 0.15) is 37.0 Å². The van der Waals surface area contributed by atoms with Crippen LogP contribution in [0.3, 0.4) is 0 Å². The maximum absolute atomic E-state index is 12.6. The van der Waals surface area contributed by atoms with E-state index in [1.165, 1.54) is 12.1 Å². The van der Waals surface area contributed by atoms with Gasteiger partial charge in [0.05, 0.1) is 17.1 Å². The highest BCUT2D eigenvalue weighted by atomic mass is 79.9. The third-order valence-corrected chi connectivity index (χ3v) is 6.01. The molecule has 2 aromatic carbocycles. The second-order valence-electron chi connectivity index (χ2n) is 6.32. The molecule has 0 saturated carbocycles. The Bertz CT molecular complexity index is 996. The number of halogens is 1. The first kappa shape index (κ1) is 24.3. The predicted molar refractivity (Wildman–Crippen MR) is 126 cm³/mol. The molecule has 0 saturated heterocycles. The van der Waals surface area contributed by atoms with Crippen LogP contribution in [0.15, 0.2) is 51.8 Å². The molecule has 0 atom stereocenters. The number of hydrogen-bond acceptors (Lipinski definition) is 5. The average molecular weight is 514 g/mol. The van der Waals surface area contributed by atoms with Crippen LogP contribution in [-0.4, -0.2) is 32.6 Å². The topological polar surface area (TPSA) is 96.5 Å². The minimum atomic E-state index is -3.54. The molecule has 0 unspecified atom stereocenters. The zero-order valence-electron chi connectivity index (χ0n) is 16.7. The van der Waals surface area contributed by atoms with Crippen molar-refractivity contribution in [2.75, 3.05) is 18.5 Å². The minimum Gasteiger partial charge on any atom is -0.493 e. The molecule has 7 nitrogen and oxygen atoms in total. The number of nitrogens with one attached hydrogen (secondary N) is 3. The normalized spacial score (nSPS) is 11.0. The highest BCUT2D eigenvalue weighted by Crippen LogP contribution is 2.23. The molecule has 0 radical (unpaired) electrons. The Morgan fingerprint density at radius 2 is 1.80 bits per heavy atom. The van der Waals surface area contributed by atoms with Gasteiger partial charge < -0.3 is 10.1 Å². The summed E-state index contributed by atoms with van der Waals surface area (Å²) in [7, 11) is -3.54. The number of sulfonamides is 1. The average Bonchev–Trinajstić information content (AvgIpc) is 2.71. The summed E-state index contributed by atoms with van der Waals surface area (Å²) < 4.78 is 33.1. The Balaban J connectivity index is 2.04. The molecule has 10 heteroatoms. The van der Waals surface area contributed by atoms with E-state index in [9.17, 15) is 13.2 Å². The van der Waals surface area contributed by atoms with E-state index in [2.05, 4.69) is 31.3 Å². The third kappa shape index (κ3) is 7.05. The van der Waals surface area contributed by atoms with Crippen molar-refractivity contribution in [2.45, 2.75) is 31.6 Å². The molecule has 30 heavy (non-hydrogen) atoms. The largest absolute Gasteiger partial charge is 0.493 e. The van der Waals surface area contributed by atoms with E-state index < -0.39 is 15.9 Å². The van der Waals surface area contributed by atoms with Crippen molar-refractivity contribution in [3.8, 4) is 5.75 Å². The van der Waals surface area contributed by atoms with Crippen molar-refractivity contribution in [1.29, 1.82) is 0 Å². The number of carbonyl (C=O) groups is 1. The van der Waals surface area contributed by atoms with Crippen LogP contribution in [-0.2, 0) is 10.0 Å². The summed E-state index contributed by atoms with van der Waals surface area (Å²) in [5.74, 6) is 0.0531. The number of anilines is 1. The van der Waals surface area contributed by atoms with Crippen molar-refractivity contribution < 1.29 is 17.9 Å². The van der Waals surface area contributed by atoms with E-state index in [1.54, 1.807) is 30.3 Å². The SMILES string of the molecule is CCCNS(=O)(=O)c1ccc(NC(=S)NC(=O)c2cc(Br)ccc2OCCC)cc1. The monoisotopic (exact) mass is 513 g/mol. The van der Waals surface area contributed by atoms with Crippen molar-refractivity contribution in [1.82, 2.24) is 10.0 Å². The van der Waals surface area contributed by atoms with Gasteiger partial charge in [0.15, 0.2) is 5.11 Å². The Hall–Kier alpha value is -2.01. The van der Waals surface area contributed by atoms with Gasteiger partial charge in [0, 0.05) is 16.7 Å². The van der Waals surface area contributed by atoms with E-state index in [1.807, 2.05) is 13.8 Å². The zero-order chi connectivity index (χ0) is 22.1. The van der Waals surface area contributed by atoms with E-state index in [0.717, 1.165) is 10.9 Å². The van der Waals surface area contributed by atoms with Crippen molar-refractivity contribution in [2.24, 2.45) is 0 Å². The lowest BCUT2D eigenvalue weighted by molar-refractivity contribution is 0.0973. The molecule has 0 aromatic heterocycles. The van der Waals surface area contributed by atoms with Gasteiger partial charge in [0.25, 0.3) is 5.91 Å². The molecule has 0 bridgehead atoms. The van der Waals surface area contributed by atoms with Crippen LogP contribution in [0.25, 0.3) is 0 Å². The highest BCUT2D eigenvalue weighted by Gasteiger charge is 2.16. The second kappa shape index (κ2) is 11.4. The summed E-state index contributed by atoms with van der Waals surface area (Å²) in [4.78, 5) is 12.8. The van der Waals surface area contributed by atoms with Crippen molar-refractivity contribution in [3.05, 3.63) is 52.5 Å². The van der Waals surface area contributed by atoms with Crippen LogP contribution in [0, 0.1) is 0 Å². The summed E-state index contributed by atoms with van der Waals surface area (Å²) in [6.07, 6.45) is 1.52. The van der Waals surface area contributed by atoms with Gasteiger partial charge in [-0.25, -0.2) is 13.1 Å². The van der Waals surface area contributed by atoms with E-state index >= 15 is 0 Å². The van der Waals surface area contributed by atoms with Gasteiger partial charge >= 0.3 is 0 Å². The molecule has 2 rings (SSSR count). The first-order valence-electron chi connectivity index (χ1n) is 9.41. The number of amides is 1. The van der Waals surface area contributed by atoms with E-state index in [4.69, 9.17) is 17.0 Å². The van der Waals surface area contributed by atoms with Gasteiger partial charge in [-0.2, -0.15) is 0 Å². The molecule has 0 fully saturated rings. The number of thiocarbonyl (C=S) groups is 1.